The van der Waals surface area contributed by atoms with E-state index in [9.17, 15) is 0 Å². The van der Waals surface area contributed by atoms with Crippen LogP contribution in [0, 0.1) is 5.92 Å². The first-order valence-corrected chi connectivity index (χ1v) is 6.59. The molecule has 0 saturated carbocycles. The molecule has 0 amide bonds. The molecule has 0 aromatic carbocycles. The molecule has 1 aromatic rings. The molecule has 2 N–H and O–H groups in total. The molecule has 0 bridgehead atoms. The molecule has 0 unspecified atom stereocenters. The number of rotatable bonds is 6. The van der Waals surface area contributed by atoms with Crippen LogP contribution in [0.2, 0.25) is 5.15 Å². The summed E-state index contributed by atoms with van der Waals surface area (Å²) in [7, 11) is 4.13. The van der Waals surface area contributed by atoms with Crippen molar-refractivity contribution in [1.82, 2.24) is 9.88 Å². The second-order valence-electron chi connectivity index (χ2n) is 5.22. The van der Waals surface area contributed by atoms with Gasteiger partial charge in [-0.2, -0.15) is 0 Å². The predicted molar refractivity (Wildman–Crippen MR) is 79.3 cm³/mol. The first-order chi connectivity index (χ1) is 8.38. The summed E-state index contributed by atoms with van der Waals surface area (Å²) in [6.07, 6.45) is 0. The highest BCUT2D eigenvalue weighted by Gasteiger charge is 2.11. The van der Waals surface area contributed by atoms with Crippen LogP contribution in [-0.2, 0) is 0 Å². The van der Waals surface area contributed by atoms with Crippen molar-refractivity contribution in [2.45, 2.75) is 13.8 Å². The maximum absolute atomic E-state index is 5.97. The van der Waals surface area contributed by atoms with Gasteiger partial charge >= 0.3 is 0 Å². The molecule has 0 aliphatic rings. The molecular formula is C13H23ClN4. The third-order valence-corrected chi connectivity index (χ3v) is 2.72. The van der Waals surface area contributed by atoms with Gasteiger partial charge in [0, 0.05) is 31.4 Å². The topological polar surface area (TPSA) is 45.4 Å². The standard InChI is InChI=1S/C13H23ClN4/c1-10(2)9-18(6-5-17(3)4)13-8-11(15)7-12(14)16-13/h7-8,10H,5-6,9H2,1-4H3,(H2,15,16). The summed E-state index contributed by atoms with van der Waals surface area (Å²) >= 11 is 5.97. The lowest BCUT2D eigenvalue weighted by molar-refractivity contribution is 0.408. The first-order valence-electron chi connectivity index (χ1n) is 6.21. The fourth-order valence-electron chi connectivity index (χ4n) is 1.73. The van der Waals surface area contributed by atoms with E-state index in [0.29, 0.717) is 16.8 Å². The van der Waals surface area contributed by atoms with Gasteiger partial charge in [0.1, 0.15) is 11.0 Å². The predicted octanol–water partition coefficient (Wildman–Crippen LogP) is 2.34. The molecule has 0 aliphatic heterocycles. The molecule has 0 saturated heterocycles. The van der Waals surface area contributed by atoms with Crippen molar-refractivity contribution in [2.75, 3.05) is 44.4 Å². The summed E-state index contributed by atoms with van der Waals surface area (Å²) < 4.78 is 0. The van der Waals surface area contributed by atoms with E-state index in [1.54, 1.807) is 6.07 Å². The van der Waals surface area contributed by atoms with E-state index in [2.05, 4.69) is 42.7 Å². The molecule has 0 atom stereocenters. The Morgan fingerprint density at radius 1 is 1.28 bits per heavy atom. The van der Waals surface area contributed by atoms with E-state index in [-0.39, 0.29) is 0 Å². The van der Waals surface area contributed by atoms with Crippen molar-refractivity contribution in [3.05, 3.63) is 17.3 Å². The smallest absolute Gasteiger partial charge is 0.133 e. The quantitative estimate of drug-likeness (QED) is 0.806. The van der Waals surface area contributed by atoms with E-state index in [0.717, 1.165) is 25.5 Å². The van der Waals surface area contributed by atoms with Crippen LogP contribution in [0.3, 0.4) is 0 Å². The number of anilines is 2. The van der Waals surface area contributed by atoms with Gasteiger partial charge in [-0.3, -0.25) is 0 Å². The number of pyridine rings is 1. The van der Waals surface area contributed by atoms with Gasteiger partial charge in [-0.15, -0.1) is 0 Å². The van der Waals surface area contributed by atoms with E-state index < -0.39 is 0 Å². The summed E-state index contributed by atoms with van der Waals surface area (Å²) in [6.45, 7) is 7.21. The van der Waals surface area contributed by atoms with Gasteiger partial charge in [-0.1, -0.05) is 25.4 Å². The largest absolute Gasteiger partial charge is 0.399 e. The van der Waals surface area contributed by atoms with Crippen LogP contribution >= 0.6 is 11.6 Å². The van der Waals surface area contributed by atoms with Crippen LogP contribution in [-0.4, -0.2) is 43.6 Å². The Bertz CT molecular complexity index is 359. The highest BCUT2D eigenvalue weighted by Crippen LogP contribution is 2.20. The minimum absolute atomic E-state index is 0.448. The summed E-state index contributed by atoms with van der Waals surface area (Å²) in [6, 6.07) is 3.55. The van der Waals surface area contributed by atoms with Gasteiger partial charge in [0.15, 0.2) is 0 Å². The summed E-state index contributed by atoms with van der Waals surface area (Å²) in [5.41, 5.74) is 6.48. The molecule has 0 radical (unpaired) electrons. The number of nitrogens with two attached hydrogens (primary N) is 1. The van der Waals surface area contributed by atoms with Crippen LogP contribution in [0.25, 0.3) is 0 Å². The lowest BCUT2D eigenvalue weighted by Gasteiger charge is -2.27. The fourth-order valence-corrected chi connectivity index (χ4v) is 1.94. The van der Waals surface area contributed by atoms with Crippen LogP contribution in [0.5, 0.6) is 0 Å². The Hall–Kier alpha value is -1.00. The van der Waals surface area contributed by atoms with Crippen LogP contribution in [0.4, 0.5) is 11.5 Å². The number of likely N-dealkylation sites (N-methyl/N-ethyl adjacent to an activating group) is 1. The highest BCUT2D eigenvalue weighted by molar-refractivity contribution is 6.29. The number of hydrogen-bond donors (Lipinski definition) is 1. The van der Waals surface area contributed by atoms with Crippen LogP contribution in [0.15, 0.2) is 12.1 Å². The number of hydrogen-bond acceptors (Lipinski definition) is 4. The Morgan fingerprint density at radius 3 is 2.44 bits per heavy atom. The monoisotopic (exact) mass is 270 g/mol. The Kier molecular flexibility index (Phi) is 5.69. The number of halogens is 1. The average Bonchev–Trinajstić information content (AvgIpc) is 2.22. The van der Waals surface area contributed by atoms with Crippen LogP contribution < -0.4 is 10.6 Å². The molecule has 1 rings (SSSR count). The molecule has 4 nitrogen and oxygen atoms in total. The molecule has 1 heterocycles. The molecule has 0 spiro atoms. The number of nitrogen functional groups attached to an aromatic ring is 1. The molecule has 0 fully saturated rings. The highest BCUT2D eigenvalue weighted by atomic mass is 35.5. The van der Waals surface area contributed by atoms with Crippen molar-refractivity contribution >= 4 is 23.1 Å². The average molecular weight is 271 g/mol. The third-order valence-electron chi connectivity index (χ3n) is 2.53. The van der Waals surface area contributed by atoms with Crippen LogP contribution in [0.1, 0.15) is 13.8 Å². The lowest BCUT2D eigenvalue weighted by Crippen LogP contribution is -2.35. The lowest BCUT2D eigenvalue weighted by atomic mass is 10.2. The second kappa shape index (κ2) is 6.81. The fraction of sp³-hybridized carbons (Fsp3) is 0.615. The zero-order chi connectivity index (χ0) is 13.7. The summed E-state index contributed by atoms with van der Waals surface area (Å²) in [4.78, 5) is 8.74. The maximum Gasteiger partial charge on any atom is 0.133 e. The van der Waals surface area contributed by atoms with Gasteiger partial charge in [-0.25, -0.2) is 4.98 Å². The zero-order valence-electron chi connectivity index (χ0n) is 11.7. The number of aromatic nitrogens is 1. The summed E-state index contributed by atoms with van der Waals surface area (Å²) in [5, 5.41) is 0.448. The second-order valence-corrected chi connectivity index (χ2v) is 5.61. The minimum atomic E-state index is 0.448. The summed E-state index contributed by atoms with van der Waals surface area (Å²) in [5.74, 6) is 1.42. The van der Waals surface area contributed by atoms with Crippen molar-refractivity contribution in [2.24, 2.45) is 5.92 Å². The Balaban J connectivity index is 2.86. The first kappa shape index (κ1) is 15.1. The zero-order valence-corrected chi connectivity index (χ0v) is 12.4. The molecule has 18 heavy (non-hydrogen) atoms. The third kappa shape index (κ3) is 5.10. The maximum atomic E-state index is 5.97. The van der Waals surface area contributed by atoms with E-state index in [1.807, 2.05) is 6.07 Å². The Labute approximate surface area is 115 Å². The normalized spacial score (nSPS) is 11.3. The molecule has 1 aromatic heterocycles. The van der Waals surface area contributed by atoms with E-state index >= 15 is 0 Å². The van der Waals surface area contributed by atoms with Gasteiger partial charge in [0.2, 0.25) is 0 Å². The molecule has 102 valence electrons. The molecule has 0 aliphatic carbocycles. The van der Waals surface area contributed by atoms with E-state index in [1.165, 1.54) is 0 Å². The van der Waals surface area contributed by atoms with Crippen molar-refractivity contribution < 1.29 is 0 Å². The SMILES string of the molecule is CC(C)CN(CCN(C)C)c1cc(N)cc(Cl)n1. The van der Waals surface area contributed by atoms with Gasteiger partial charge < -0.3 is 15.5 Å². The van der Waals surface area contributed by atoms with Gasteiger partial charge in [-0.05, 0) is 26.1 Å². The molecular weight excluding hydrogens is 248 g/mol. The van der Waals surface area contributed by atoms with Gasteiger partial charge in [0.25, 0.3) is 0 Å². The number of nitrogens with zero attached hydrogens (tertiary/aromatic N) is 3. The van der Waals surface area contributed by atoms with Crippen molar-refractivity contribution in [1.29, 1.82) is 0 Å². The van der Waals surface area contributed by atoms with E-state index in [4.69, 9.17) is 17.3 Å². The minimum Gasteiger partial charge on any atom is -0.399 e. The Morgan fingerprint density at radius 2 is 1.94 bits per heavy atom. The van der Waals surface area contributed by atoms with Crippen molar-refractivity contribution in [3.8, 4) is 0 Å². The molecule has 5 heteroatoms. The van der Waals surface area contributed by atoms with Crippen molar-refractivity contribution in [3.63, 3.8) is 0 Å². The van der Waals surface area contributed by atoms with Gasteiger partial charge in [0.05, 0.1) is 0 Å².